The van der Waals surface area contributed by atoms with Crippen LogP contribution < -0.4 is 11.3 Å². The van der Waals surface area contributed by atoms with E-state index in [1.54, 1.807) is 0 Å². The molecule has 0 aromatic carbocycles. The Labute approximate surface area is 59.6 Å². The summed E-state index contributed by atoms with van der Waals surface area (Å²) in [6.45, 7) is 1.90. The number of hydrazine groups is 1. The number of hydrogen-bond acceptors (Lipinski definition) is 3. The third kappa shape index (κ3) is 1.45. The van der Waals surface area contributed by atoms with E-state index in [2.05, 4.69) is 5.43 Å². The molecule has 0 saturated carbocycles. The first-order valence-electron chi connectivity index (χ1n) is 3.10. The van der Waals surface area contributed by atoms with Gasteiger partial charge in [-0.25, -0.2) is 0 Å². The van der Waals surface area contributed by atoms with E-state index < -0.39 is 0 Å². The number of nitrogens with two attached hydrogens (primary N) is 1. The van der Waals surface area contributed by atoms with Crippen molar-refractivity contribution in [3.8, 4) is 0 Å². The molecule has 0 aromatic rings. The standard InChI is InChI=1S/C7H10N2O/c1-5-2-6(9-8)4-7(10)3-5/h2,4,9H,3,8H2,1H3. The second-order valence-electron chi connectivity index (χ2n) is 2.38. The highest BCUT2D eigenvalue weighted by Gasteiger charge is 2.06. The van der Waals surface area contributed by atoms with Crippen molar-refractivity contribution in [1.29, 1.82) is 0 Å². The molecule has 0 saturated heterocycles. The van der Waals surface area contributed by atoms with E-state index in [4.69, 9.17) is 5.84 Å². The molecule has 0 spiro atoms. The summed E-state index contributed by atoms with van der Waals surface area (Å²) in [5, 5.41) is 0. The van der Waals surface area contributed by atoms with Gasteiger partial charge in [0.05, 0.1) is 5.70 Å². The van der Waals surface area contributed by atoms with Crippen LogP contribution in [0.1, 0.15) is 13.3 Å². The van der Waals surface area contributed by atoms with Crippen LogP contribution in [-0.2, 0) is 4.79 Å². The lowest BCUT2D eigenvalue weighted by Crippen LogP contribution is -2.22. The molecule has 0 fully saturated rings. The zero-order valence-corrected chi connectivity index (χ0v) is 5.85. The van der Waals surface area contributed by atoms with E-state index in [9.17, 15) is 4.79 Å². The number of rotatable bonds is 1. The largest absolute Gasteiger partial charge is 0.324 e. The lowest BCUT2D eigenvalue weighted by molar-refractivity contribution is -0.114. The minimum Gasteiger partial charge on any atom is -0.324 e. The number of hydrogen-bond donors (Lipinski definition) is 2. The first-order valence-corrected chi connectivity index (χ1v) is 3.10. The lowest BCUT2D eigenvalue weighted by atomic mass is 10.0. The summed E-state index contributed by atoms with van der Waals surface area (Å²) < 4.78 is 0. The van der Waals surface area contributed by atoms with Crippen molar-refractivity contribution in [2.45, 2.75) is 13.3 Å². The van der Waals surface area contributed by atoms with Crippen LogP contribution in [0.15, 0.2) is 23.4 Å². The molecule has 0 aliphatic heterocycles. The van der Waals surface area contributed by atoms with Crippen LogP contribution in [0.5, 0.6) is 0 Å². The number of carbonyl (C=O) groups excluding carboxylic acids is 1. The summed E-state index contributed by atoms with van der Waals surface area (Å²) >= 11 is 0. The predicted octanol–water partition coefficient (Wildman–Crippen LogP) is 0.253. The molecule has 10 heavy (non-hydrogen) atoms. The van der Waals surface area contributed by atoms with Crippen LogP contribution in [0.4, 0.5) is 0 Å². The zero-order valence-electron chi connectivity index (χ0n) is 5.85. The van der Waals surface area contributed by atoms with Gasteiger partial charge in [0.25, 0.3) is 0 Å². The van der Waals surface area contributed by atoms with E-state index in [-0.39, 0.29) is 5.78 Å². The number of nitrogens with one attached hydrogen (secondary N) is 1. The van der Waals surface area contributed by atoms with Crippen molar-refractivity contribution < 1.29 is 4.79 Å². The summed E-state index contributed by atoms with van der Waals surface area (Å²) in [6, 6.07) is 0. The van der Waals surface area contributed by atoms with Gasteiger partial charge in [0.15, 0.2) is 5.78 Å². The summed E-state index contributed by atoms with van der Waals surface area (Å²) in [6.07, 6.45) is 3.89. The Balaban J connectivity index is 2.82. The average Bonchev–Trinajstić information content (AvgIpc) is 1.85. The summed E-state index contributed by atoms with van der Waals surface area (Å²) in [7, 11) is 0. The molecule has 0 radical (unpaired) electrons. The van der Waals surface area contributed by atoms with Crippen LogP contribution in [0, 0.1) is 0 Å². The van der Waals surface area contributed by atoms with Gasteiger partial charge in [-0.05, 0) is 13.0 Å². The zero-order chi connectivity index (χ0) is 7.56. The highest BCUT2D eigenvalue weighted by atomic mass is 16.1. The lowest BCUT2D eigenvalue weighted by Gasteiger charge is -2.07. The summed E-state index contributed by atoms with van der Waals surface area (Å²) in [4.78, 5) is 10.8. The molecule has 0 aromatic heterocycles. The van der Waals surface area contributed by atoms with Crippen LogP contribution in [0.3, 0.4) is 0 Å². The molecule has 0 heterocycles. The topological polar surface area (TPSA) is 55.1 Å². The third-order valence-corrected chi connectivity index (χ3v) is 1.34. The maximum absolute atomic E-state index is 10.8. The molecule has 3 N–H and O–H groups in total. The van der Waals surface area contributed by atoms with Crippen molar-refractivity contribution in [1.82, 2.24) is 5.43 Å². The number of carbonyl (C=O) groups is 1. The third-order valence-electron chi connectivity index (χ3n) is 1.34. The van der Waals surface area contributed by atoms with Gasteiger partial charge in [0.2, 0.25) is 0 Å². The summed E-state index contributed by atoms with van der Waals surface area (Å²) in [5.74, 6) is 5.22. The molecule has 0 unspecified atom stereocenters. The minimum absolute atomic E-state index is 0.105. The maximum Gasteiger partial charge on any atom is 0.161 e. The van der Waals surface area contributed by atoms with Gasteiger partial charge < -0.3 is 5.43 Å². The molecule has 54 valence electrons. The smallest absolute Gasteiger partial charge is 0.161 e. The van der Waals surface area contributed by atoms with Gasteiger partial charge in [0.1, 0.15) is 0 Å². The first-order chi connectivity index (χ1) is 4.72. The van der Waals surface area contributed by atoms with Crippen LogP contribution >= 0.6 is 0 Å². The van der Waals surface area contributed by atoms with E-state index >= 15 is 0 Å². The fourth-order valence-electron chi connectivity index (χ4n) is 0.941. The first kappa shape index (κ1) is 7.02. The second kappa shape index (κ2) is 2.66. The highest BCUT2D eigenvalue weighted by Crippen LogP contribution is 2.10. The van der Waals surface area contributed by atoms with Gasteiger partial charge in [-0.1, -0.05) is 5.57 Å². The monoisotopic (exact) mass is 138 g/mol. The molecule has 0 amide bonds. The average molecular weight is 138 g/mol. The molecule has 1 aliphatic carbocycles. The molecule has 3 nitrogen and oxygen atoms in total. The Hall–Kier alpha value is -1.09. The fourth-order valence-corrected chi connectivity index (χ4v) is 0.941. The Bertz CT molecular complexity index is 216. The van der Waals surface area contributed by atoms with Crippen LogP contribution in [-0.4, -0.2) is 5.78 Å². The predicted molar refractivity (Wildman–Crippen MR) is 38.8 cm³/mol. The van der Waals surface area contributed by atoms with Gasteiger partial charge in [0, 0.05) is 12.5 Å². The van der Waals surface area contributed by atoms with E-state index in [1.807, 2.05) is 13.0 Å². The van der Waals surface area contributed by atoms with Gasteiger partial charge in [-0.15, -0.1) is 0 Å². The normalized spacial score (nSPS) is 18.0. The highest BCUT2D eigenvalue weighted by molar-refractivity contribution is 5.93. The SMILES string of the molecule is CC1=CC(NN)=CC(=O)C1. The Morgan fingerprint density at radius 1 is 1.60 bits per heavy atom. The number of ketones is 1. The molecule has 0 bridgehead atoms. The van der Waals surface area contributed by atoms with E-state index in [0.29, 0.717) is 12.1 Å². The van der Waals surface area contributed by atoms with Gasteiger partial charge in [-0.2, -0.15) is 0 Å². The molecular weight excluding hydrogens is 128 g/mol. The van der Waals surface area contributed by atoms with Crippen molar-refractivity contribution in [2.75, 3.05) is 0 Å². The van der Waals surface area contributed by atoms with Crippen molar-refractivity contribution in [2.24, 2.45) is 5.84 Å². The quantitative estimate of drug-likeness (QED) is 0.403. The van der Waals surface area contributed by atoms with Gasteiger partial charge >= 0.3 is 0 Å². The molecule has 0 atom stereocenters. The molecular formula is C7H10N2O. The molecule has 1 aliphatic rings. The Kier molecular flexibility index (Phi) is 1.87. The Morgan fingerprint density at radius 2 is 2.30 bits per heavy atom. The fraction of sp³-hybridized carbons (Fsp3) is 0.286. The van der Waals surface area contributed by atoms with Crippen molar-refractivity contribution in [3.05, 3.63) is 23.4 Å². The van der Waals surface area contributed by atoms with Crippen LogP contribution in [0.2, 0.25) is 0 Å². The van der Waals surface area contributed by atoms with Crippen molar-refractivity contribution in [3.63, 3.8) is 0 Å². The molecule has 3 heteroatoms. The van der Waals surface area contributed by atoms with Crippen molar-refractivity contribution >= 4 is 5.78 Å². The summed E-state index contributed by atoms with van der Waals surface area (Å²) in [5.41, 5.74) is 4.16. The molecule has 1 rings (SSSR count). The second-order valence-corrected chi connectivity index (χ2v) is 2.38. The van der Waals surface area contributed by atoms with Gasteiger partial charge in [-0.3, -0.25) is 10.6 Å². The Morgan fingerprint density at radius 3 is 2.80 bits per heavy atom. The maximum atomic E-state index is 10.8. The van der Waals surface area contributed by atoms with E-state index in [0.717, 1.165) is 5.57 Å². The minimum atomic E-state index is 0.105. The number of allylic oxidation sites excluding steroid dienone is 3. The van der Waals surface area contributed by atoms with Crippen LogP contribution in [0.25, 0.3) is 0 Å². The van der Waals surface area contributed by atoms with E-state index in [1.165, 1.54) is 6.08 Å².